The average Bonchev–Trinajstić information content (AvgIpc) is 2.73. The van der Waals surface area contributed by atoms with Gasteiger partial charge in [0.15, 0.2) is 0 Å². The van der Waals surface area contributed by atoms with E-state index >= 15 is 0 Å². The van der Waals surface area contributed by atoms with Crippen LogP contribution in [-0.4, -0.2) is 53.3 Å². The molecule has 0 aliphatic carbocycles. The van der Waals surface area contributed by atoms with Gasteiger partial charge in [0, 0.05) is 25.1 Å². The third-order valence-corrected chi connectivity index (χ3v) is 5.02. The smallest absolute Gasteiger partial charge is 0.338 e. The Hall–Kier alpha value is -3.06. The van der Waals surface area contributed by atoms with Crippen molar-refractivity contribution in [2.24, 2.45) is 5.73 Å². The van der Waals surface area contributed by atoms with Crippen LogP contribution in [0.5, 0.6) is 5.75 Å². The maximum Gasteiger partial charge on any atom is 0.338 e. The summed E-state index contributed by atoms with van der Waals surface area (Å²) in [5.74, 6) is 0.645. The Balaban J connectivity index is 1.51. The molecule has 2 aromatic rings. The number of nitrogens with zero attached hydrogens (tertiary/aromatic N) is 2. The number of rotatable bonds is 9. The minimum atomic E-state index is -0.892. The van der Waals surface area contributed by atoms with E-state index in [0.29, 0.717) is 29.4 Å². The first-order chi connectivity index (χ1) is 14.0. The second-order valence-corrected chi connectivity index (χ2v) is 7.11. The number of fused-ring (bicyclic) bond motifs is 1. The van der Waals surface area contributed by atoms with Crippen molar-refractivity contribution in [2.45, 2.75) is 25.7 Å². The predicted molar refractivity (Wildman–Crippen MR) is 109 cm³/mol. The Bertz CT molecular complexity index is 841. The molecule has 29 heavy (non-hydrogen) atoms. The number of urea groups is 1. The molecule has 7 nitrogen and oxygen atoms in total. The molecule has 3 rings (SSSR count). The van der Waals surface area contributed by atoms with E-state index in [1.807, 2.05) is 35.2 Å². The molecular formula is C22H27N3O4. The number of ether oxygens (including phenoxy) is 1. The van der Waals surface area contributed by atoms with E-state index in [9.17, 15) is 14.8 Å². The zero-order valence-corrected chi connectivity index (χ0v) is 16.4. The van der Waals surface area contributed by atoms with Crippen molar-refractivity contribution >= 4 is 11.9 Å². The molecule has 7 heteroatoms. The SMILES string of the molecule is NC(=O)N(O)CCCOc1ccc2c(c1)C(=O)N(CCCc1ccccc1)CC2. The predicted octanol–water partition coefficient (Wildman–Crippen LogP) is 2.86. The second kappa shape index (κ2) is 9.93. The summed E-state index contributed by atoms with van der Waals surface area (Å²) in [5, 5.41) is 9.69. The van der Waals surface area contributed by atoms with Gasteiger partial charge in [0.25, 0.3) is 5.91 Å². The fourth-order valence-corrected chi connectivity index (χ4v) is 3.44. The van der Waals surface area contributed by atoms with Crippen LogP contribution in [0, 0.1) is 0 Å². The van der Waals surface area contributed by atoms with Crippen molar-refractivity contribution < 1.29 is 19.5 Å². The van der Waals surface area contributed by atoms with Gasteiger partial charge in [0.05, 0.1) is 13.2 Å². The van der Waals surface area contributed by atoms with Crippen molar-refractivity contribution in [1.29, 1.82) is 0 Å². The summed E-state index contributed by atoms with van der Waals surface area (Å²) in [6.45, 7) is 1.87. The third kappa shape index (κ3) is 5.71. The van der Waals surface area contributed by atoms with E-state index in [-0.39, 0.29) is 12.5 Å². The van der Waals surface area contributed by atoms with Crippen LogP contribution in [0.3, 0.4) is 0 Å². The number of hydroxylamine groups is 2. The Kier molecular flexibility index (Phi) is 7.08. The van der Waals surface area contributed by atoms with Gasteiger partial charge >= 0.3 is 6.03 Å². The average molecular weight is 397 g/mol. The summed E-state index contributed by atoms with van der Waals surface area (Å²) in [6.07, 6.45) is 3.15. The Morgan fingerprint density at radius 1 is 1.17 bits per heavy atom. The lowest BCUT2D eigenvalue weighted by atomic mass is 9.98. The summed E-state index contributed by atoms with van der Waals surface area (Å²) in [5.41, 5.74) is 7.97. The quantitative estimate of drug-likeness (QED) is 0.386. The van der Waals surface area contributed by atoms with Crippen LogP contribution in [0.2, 0.25) is 0 Å². The summed E-state index contributed by atoms with van der Waals surface area (Å²) >= 11 is 0. The van der Waals surface area contributed by atoms with E-state index in [4.69, 9.17) is 10.5 Å². The molecule has 0 unspecified atom stereocenters. The molecule has 0 saturated carbocycles. The van der Waals surface area contributed by atoms with Gasteiger partial charge in [-0.05, 0) is 42.5 Å². The molecule has 1 aliphatic heterocycles. The zero-order chi connectivity index (χ0) is 20.6. The molecule has 1 aliphatic rings. The van der Waals surface area contributed by atoms with Crippen molar-refractivity contribution in [2.75, 3.05) is 26.2 Å². The van der Waals surface area contributed by atoms with Gasteiger partial charge in [0.1, 0.15) is 5.75 Å². The van der Waals surface area contributed by atoms with E-state index < -0.39 is 6.03 Å². The number of primary amides is 1. The summed E-state index contributed by atoms with van der Waals surface area (Å²) in [6, 6.07) is 15.0. The van der Waals surface area contributed by atoms with Crippen molar-refractivity contribution in [3.63, 3.8) is 0 Å². The summed E-state index contributed by atoms with van der Waals surface area (Å²) in [4.78, 5) is 25.6. The highest BCUT2D eigenvalue weighted by Crippen LogP contribution is 2.24. The van der Waals surface area contributed by atoms with Crippen LogP contribution in [0.1, 0.15) is 34.3 Å². The first kappa shape index (κ1) is 20.7. The molecule has 154 valence electrons. The fourth-order valence-electron chi connectivity index (χ4n) is 3.44. The van der Waals surface area contributed by atoms with Crippen LogP contribution in [0.25, 0.3) is 0 Å². The highest BCUT2D eigenvalue weighted by Gasteiger charge is 2.24. The number of carbonyl (C=O) groups excluding carboxylic acids is 2. The molecule has 1 heterocycles. The highest BCUT2D eigenvalue weighted by molar-refractivity contribution is 5.97. The Labute approximate surface area is 170 Å². The van der Waals surface area contributed by atoms with Crippen molar-refractivity contribution in [1.82, 2.24) is 9.96 Å². The minimum Gasteiger partial charge on any atom is -0.494 e. The zero-order valence-electron chi connectivity index (χ0n) is 16.4. The molecule has 0 fully saturated rings. The van der Waals surface area contributed by atoms with Gasteiger partial charge in [0.2, 0.25) is 0 Å². The standard InChI is InChI=1S/C22H27N3O4/c23-22(27)25(28)13-5-15-29-19-10-9-18-11-14-24(21(26)20(18)16-19)12-4-8-17-6-2-1-3-7-17/h1-3,6-7,9-10,16,28H,4-5,8,11-15H2,(H2,23,27). The van der Waals surface area contributed by atoms with Crippen LogP contribution in [-0.2, 0) is 12.8 Å². The molecule has 0 atom stereocenters. The molecule has 3 N–H and O–H groups in total. The maximum atomic E-state index is 12.9. The molecule has 0 spiro atoms. The molecular weight excluding hydrogens is 370 g/mol. The lowest BCUT2D eigenvalue weighted by Crippen LogP contribution is -2.38. The Morgan fingerprint density at radius 3 is 2.72 bits per heavy atom. The second-order valence-electron chi connectivity index (χ2n) is 7.11. The topological polar surface area (TPSA) is 96.1 Å². The van der Waals surface area contributed by atoms with Gasteiger partial charge in [-0.15, -0.1) is 0 Å². The lowest BCUT2D eigenvalue weighted by Gasteiger charge is -2.29. The fraction of sp³-hybridized carbons (Fsp3) is 0.364. The summed E-state index contributed by atoms with van der Waals surface area (Å²) in [7, 11) is 0. The molecule has 0 aromatic heterocycles. The molecule has 0 radical (unpaired) electrons. The number of aryl methyl sites for hydroxylation is 1. The van der Waals surface area contributed by atoms with Crippen molar-refractivity contribution in [3.8, 4) is 5.75 Å². The number of amides is 3. The van der Waals surface area contributed by atoms with Crippen LogP contribution >= 0.6 is 0 Å². The molecule has 0 saturated heterocycles. The normalized spacial score (nSPS) is 13.1. The van der Waals surface area contributed by atoms with Gasteiger partial charge in [-0.3, -0.25) is 10.0 Å². The minimum absolute atomic E-state index is 0.0417. The number of benzene rings is 2. The van der Waals surface area contributed by atoms with Gasteiger partial charge in [-0.25, -0.2) is 9.86 Å². The van der Waals surface area contributed by atoms with Crippen LogP contribution in [0.4, 0.5) is 4.79 Å². The number of hydrogen-bond acceptors (Lipinski definition) is 4. The lowest BCUT2D eigenvalue weighted by molar-refractivity contribution is -0.0418. The molecule has 2 aromatic carbocycles. The van der Waals surface area contributed by atoms with Crippen molar-refractivity contribution in [3.05, 3.63) is 65.2 Å². The first-order valence-corrected chi connectivity index (χ1v) is 9.89. The molecule has 0 bridgehead atoms. The maximum absolute atomic E-state index is 12.9. The van der Waals surface area contributed by atoms with Gasteiger partial charge < -0.3 is 15.4 Å². The third-order valence-electron chi connectivity index (χ3n) is 5.02. The van der Waals surface area contributed by atoms with Gasteiger partial charge in [-0.2, -0.15) is 0 Å². The van der Waals surface area contributed by atoms with Crippen LogP contribution in [0.15, 0.2) is 48.5 Å². The monoisotopic (exact) mass is 397 g/mol. The number of carbonyl (C=O) groups is 2. The van der Waals surface area contributed by atoms with E-state index in [1.165, 1.54) is 5.56 Å². The number of nitrogens with two attached hydrogens (primary N) is 1. The van der Waals surface area contributed by atoms with E-state index in [2.05, 4.69) is 12.1 Å². The first-order valence-electron chi connectivity index (χ1n) is 9.89. The van der Waals surface area contributed by atoms with E-state index in [1.54, 1.807) is 6.07 Å². The summed E-state index contributed by atoms with van der Waals surface area (Å²) < 4.78 is 5.66. The van der Waals surface area contributed by atoms with E-state index in [0.717, 1.165) is 37.9 Å². The largest absolute Gasteiger partial charge is 0.494 e. The molecule has 3 amide bonds. The highest BCUT2D eigenvalue weighted by atomic mass is 16.5. The van der Waals surface area contributed by atoms with Gasteiger partial charge in [-0.1, -0.05) is 36.4 Å². The Morgan fingerprint density at radius 2 is 1.97 bits per heavy atom. The van der Waals surface area contributed by atoms with Crippen LogP contribution < -0.4 is 10.5 Å². The number of hydrogen-bond donors (Lipinski definition) is 2.